The third kappa shape index (κ3) is 4.75. The van der Waals surface area contributed by atoms with Crippen LogP contribution in [0.2, 0.25) is 20.1 Å². The number of carbonyl (C=O) groups is 5. The molecule has 0 radical (unpaired) electrons. The van der Waals surface area contributed by atoms with Crippen molar-refractivity contribution in [3.63, 3.8) is 0 Å². The third-order valence-corrected chi connectivity index (χ3v) is 7.98. The van der Waals surface area contributed by atoms with Crippen molar-refractivity contribution in [1.29, 1.82) is 0 Å². The Hall–Kier alpha value is -2.85. The molecule has 3 aliphatic rings. The maximum Gasteiger partial charge on any atom is 0.423 e. The number of halogens is 4. The topological polar surface area (TPSA) is 110 Å². The number of ether oxygens (including phenoxy) is 2. The van der Waals surface area contributed by atoms with E-state index in [1.165, 1.54) is 30.0 Å². The minimum atomic E-state index is -2.01. The largest absolute Gasteiger partial charge is 0.463 e. The van der Waals surface area contributed by atoms with E-state index in [0.29, 0.717) is 27.1 Å². The molecule has 5 rings (SSSR count). The first-order chi connectivity index (χ1) is 18.1. The molecule has 3 fully saturated rings. The highest BCUT2D eigenvalue weighted by Gasteiger charge is 2.77. The summed E-state index contributed by atoms with van der Waals surface area (Å²) >= 11 is 23.5. The van der Waals surface area contributed by atoms with E-state index in [4.69, 9.17) is 55.9 Å². The van der Waals surface area contributed by atoms with E-state index in [1.807, 2.05) is 13.8 Å². The zero-order valence-electron chi connectivity index (χ0n) is 21.1. The number of carbonyl (C=O) groups excluding carboxylic acids is 5. The maximum atomic E-state index is 12.4. The van der Waals surface area contributed by atoms with Gasteiger partial charge in [0.2, 0.25) is 11.8 Å². The average molecular weight is 616 g/mol. The molecule has 2 heterocycles. The lowest BCUT2D eigenvalue weighted by atomic mass is 10.00. The van der Waals surface area contributed by atoms with Crippen LogP contribution in [-0.2, 0) is 28.7 Å². The molecule has 0 bridgehead atoms. The molecular weight excluding hydrogens is 594 g/mol. The van der Waals surface area contributed by atoms with Gasteiger partial charge in [-0.3, -0.25) is 14.4 Å². The van der Waals surface area contributed by atoms with Gasteiger partial charge in [0.05, 0.1) is 28.8 Å². The van der Waals surface area contributed by atoms with E-state index < -0.39 is 34.4 Å². The van der Waals surface area contributed by atoms with Crippen LogP contribution in [0.25, 0.3) is 0 Å². The fourth-order valence-electron chi connectivity index (χ4n) is 4.62. The Labute approximate surface area is 243 Å². The van der Waals surface area contributed by atoms with Crippen LogP contribution < -0.4 is 9.80 Å². The van der Waals surface area contributed by atoms with Crippen molar-refractivity contribution < 1.29 is 33.4 Å². The summed E-state index contributed by atoms with van der Waals surface area (Å²) in [5.74, 6) is -2.11. The van der Waals surface area contributed by atoms with Gasteiger partial charge in [0.1, 0.15) is 0 Å². The van der Waals surface area contributed by atoms with E-state index in [0.717, 1.165) is 0 Å². The Bertz CT molecular complexity index is 1380. The molecule has 2 aromatic carbocycles. The zero-order chi connectivity index (χ0) is 29.1. The summed E-state index contributed by atoms with van der Waals surface area (Å²) in [6.45, 7) is 6.48. The normalized spacial score (nSPS) is 27.2. The third-order valence-electron chi connectivity index (χ3n) is 7.11. The molecule has 3 atom stereocenters. The highest BCUT2D eigenvalue weighted by atomic mass is 35.5. The molecule has 2 aliphatic heterocycles. The maximum absolute atomic E-state index is 12.4. The smallest absolute Gasteiger partial charge is 0.423 e. The predicted octanol–water partition coefficient (Wildman–Crippen LogP) is 6.08. The van der Waals surface area contributed by atoms with Crippen LogP contribution in [0, 0.1) is 10.8 Å². The molecule has 0 spiro atoms. The summed E-state index contributed by atoms with van der Waals surface area (Å²) in [5.41, 5.74) is -2.55. The molecule has 1 aliphatic carbocycles. The van der Waals surface area contributed by atoms with Crippen LogP contribution in [0.3, 0.4) is 0 Å². The number of esters is 1. The molecule has 1 saturated carbocycles. The van der Waals surface area contributed by atoms with Gasteiger partial charge in [0.15, 0.2) is 0 Å². The van der Waals surface area contributed by atoms with Gasteiger partial charge in [-0.15, -0.1) is 0 Å². The Morgan fingerprint density at radius 2 is 1.18 bits per heavy atom. The van der Waals surface area contributed by atoms with Gasteiger partial charge in [-0.25, -0.2) is 19.4 Å². The number of amides is 4. The van der Waals surface area contributed by atoms with Crippen molar-refractivity contribution in [3.8, 4) is 0 Å². The molecule has 4 amide bonds. The van der Waals surface area contributed by atoms with Crippen LogP contribution in [0.5, 0.6) is 0 Å². The van der Waals surface area contributed by atoms with Crippen LogP contribution >= 0.6 is 46.4 Å². The number of rotatable bonds is 4. The number of fused-ring (bicyclic) bond motifs is 1. The fourth-order valence-corrected chi connectivity index (χ4v) is 5.65. The van der Waals surface area contributed by atoms with Gasteiger partial charge >= 0.3 is 12.1 Å². The van der Waals surface area contributed by atoms with Crippen LogP contribution in [0.4, 0.5) is 16.2 Å². The second-order valence-corrected chi connectivity index (χ2v) is 11.5. The number of benzene rings is 2. The highest BCUT2D eigenvalue weighted by Crippen LogP contribution is 2.69. The van der Waals surface area contributed by atoms with Crippen LogP contribution in [-0.4, -0.2) is 42.0 Å². The first kappa shape index (κ1) is 29.1. The number of anilines is 2. The monoisotopic (exact) mass is 614 g/mol. The number of piperidine rings is 1. The van der Waals surface area contributed by atoms with E-state index in [1.54, 1.807) is 25.1 Å². The Kier molecular flexibility index (Phi) is 7.44. The molecule has 13 heteroatoms. The van der Waals surface area contributed by atoms with E-state index >= 15 is 0 Å². The molecule has 0 N–H and O–H groups in total. The number of hydrogen-bond donors (Lipinski definition) is 0. The number of imide groups is 2. The van der Waals surface area contributed by atoms with Crippen molar-refractivity contribution in [1.82, 2.24) is 0 Å². The molecule has 9 nitrogen and oxygen atoms in total. The summed E-state index contributed by atoms with van der Waals surface area (Å²) < 4.78 is 9.66. The van der Waals surface area contributed by atoms with Gasteiger partial charge in [-0.1, -0.05) is 46.4 Å². The van der Waals surface area contributed by atoms with Gasteiger partial charge in [0.25, 0.3) is 11.5 Å². The van der Waals surface area contributed by atoms with Gasteiger partial charge in [-0.05, 0) is 70.5 Å². The minimum Gasteiger partial charge on any atom is -0.463 e. The average Bonchev–Trinajstić information content (AvgIpc) is 3.27. The SMILES string of the molecule is CC12CC1(C)C(=O)N(c1cc(Cl)cc(Cl)c1)C2=O.CCOC(=O)C1(C)OC(=O)N(c2cc(Cl)cc(Cl)c2)C1=O. The lowest BCUT2D eigenvalue weighted by molar-refractivity contribution is -0.164. The Morgan fingerprint density at radius 3 is 1.59 bits per heavy atom. The van der Waals surface area contributed by atoms with Crippen molar-refractivity contribution in [2.45, 2.75) is 39.7 Å². The molecule has 3 unspecified atom stereocenters. The van der Waals surface area contributed by atoms with Gasteiger partial charge in [0, 0.05) is 20.1 Å². The molecular formula is C26H22Cl4N2O7. The molecule has 206 valence electrons. The summed E-state index contributed by atoms with van der Waals surface area (Å²) in [7, 11) is 0. The molecule has 0 aromatic heterocycles. The van der Waals surface area contributed by atoms with Crippen molar-refractivity contribution in [2.75, 3.05) is 16.4 Å². The number of hydrogen-bond acceptors (Lipinski definition) is 7. The Balaban J connectivity index is 0.000000183. The predicted molar refractivity (Wildman–Crippen MR) is 145 cm³/mol. The number of cyclic esters (lactones) is 1. The summed E-state index contributed by atoms with van der Waals surface area (Å²) in [6.07, 6.45) is -0.364. The van der Waals surface area contributed by atoms with E-state index in [9.17, 15) is 24.0 Å². The van der Waals surface area contributed by atoms with E-state index in [-0.39, 0.29) is 34.2 Å². The van der Waals surface area contributed by atoms with Gasteiger partial charge < -0.3 is 9.47 Å². The number of nitrogens with zero attached hydrogens (tertiary/aromatic N) is 2. The van der Waals surface area contributed by atoms with Gasteiger partial charge in [-0.2, -0.15) is 0 Å². The lowest BCUT2D eigenvalue weighted by Gasteiger charge is -2.19. The Morgan fingerprint density at radius 1 is 0.769 bits per heavy atom. The zero-order valence-corrected chi connectivity index (χ0v) is 24.2. The standard InChI is InChI=1S/C13H11Cl2NO5.C13H11Cl2NO2/c1-3-20-11(18)13(2)10(17)16(12(19)21-13)9-5-7(14)4-8(15)6-9;1-12-6-13(12,2)11(18)16(10(12)17)9-4-7(14)3-8(15)5-9/h4-6H,3H2,1-2H3;3-5H,6H2,1-2H3. The highest BCUT2D eigenvalue weighted by molar-refractivity contribution is 6.37. The first-order valence-electron chi connectivity index (χ1n) is 11.6. The van der Waals surface area contributed by atoms with Crippen molar-refractivity contribution in [3.05, 3.63) is 56.5 Å². The summed E-state index contributed by atoms with van der Waals surface area (Å²) in [6, 6.07) is 8.92. The second-order valence-electron chi connectivity index (χ2n) is 9.80. The lowest BCUT2D eigenvalue weighted by Crippen LogP contribution is -2.46. The van der Waals surface area contributed by atoms with E-state index in [2.05, 4.69) is 0 Å². The van der Waals surface area contributed by atoms with Crippen molar-refractivity contribution >= 4 is 87.6 Å². The van der Waals surface area contributed by atoms with Crippen LogP contribution in [0.1, 0.15) is 34.1 Å². The molecule has 2 saturated heterocycles. The fraction of sp³-hybridized carbons (Fsp3) is 0.346. The first-order valence-corrected chi connectivity index (χ1v) is 13.2. The summed E-state index contributed by atoms with van der Waals surface area (Å²) in [4.78, 5) is 62.7. The van der Waals surface area contributed by atoms with Crippen LogP contribution in [0.15, 0.2) is 36.4 Å². The summed E-state index contributed by atoms with van der Waals surface area (Å²) in [5, 5.41) is 1.30. The van der Waals surface area contributed by atoms with Crippen molar-refractivity contribution in [2.24, 2.45) is 10.8 Å². The molecule has 39 heavy (non-hydrogen) atoms. The molecule has 2 aromatic rings. The minimum absolute atomic E-state index is 0.0578. The second kappa shape index (κ2) is 9.96. The quantitative estimate of drug-likeness (QED) is 0.233.